The highest BCUT2D eigenvalue weighted by Gasteiger charge is 2.01. The topological polar surface area (TPSA) is 67.2 Å². The number of nitrogens with one attached hydrogen (secondary N) is 2. The lowest BCUT2D eigenvalue weighted by Crippen LogP contribution is -2.19. The van der Waals surface area contributed by atoms with Crippen molar-refractivity contribution >= 4 is 17.4 Å². The van der Waals surface area contributed by atoms with Crippen LogP contribution in [0.2, 0.25) is 0 Å². The minimum absolute atomic E-state index is 0.540. The van der Waals surface area contributed by atoms with Gasteiger partial charge >= 0.3 is 6.03 Å². The minimum atomic E-state index is -0.540. The lowest BCUT2D eigenvalue weighted by molar-refractivity contribution is 0.259. The summed E-state index contributed by atoms with van der Waals surface area (Å²) in [5.74, 6) is 0.670. The van der Waals surface area contributed by atoms with Gasteiger partial charge in [0, 0.05) is 17.9 Å². The van der Waals surface area contributed by atoms with E-state index in [0.29, 0.717) is 11.6 Å². The molecule has 1 atom stereocenters. The molecule has 4 N–H and O–H groups in total. The van der Waals surface area contributed by atoms with Crippen molar-refractivity contribution in [2.24, 2.45) is 11.7 Å². The third kappa shape index (κ3) is 5.24. The van der Waals surface area contributed by atoms with E-state index in [1.54, 1.807) is 0 Å². The zero-order valence-corrected chi connectivity index (χ0v) is 10.5. The summed E-state index contributed by atoms with van der Waals surface area (Å²) in [6, 6.07) is 6.99. The van der Waals surface area contributed by atoms with E-state index in [0.717, 1.165) is 12.2 Å². The Morgan fingerprint density at radius 3 is 2.41 bits per heavy atom. The molecule has 0 saturated carbocycles. The number of urea groups is 1. The SMILES string of the molecule is CCCC(C)CNc1ccc(NC(N)=O)cc1. The molecule has 94 valence electrons. The lowest BCUT2D eigenvalue weighted by Gasteiger charge is -2.12. The van der Waals surface area contributed by atoms with Gasteiger partial charge in [0.15, 0.2) is 0 Å². The Bertz CT molecular complexity index is 348. The number of nitrogens with two attached hydrogens (primary N) is 1. The molecule has 0 saturated heterocycles. The molecule has 0 aromatic heterocycles. The number of hydrogen-bond donors (Lipinski definition) is 3. The van der Waals surface area contributed by atoms with E-state index in [1.165, 1.54) is 12.8 Å². The number of benzene rings is 1. The molecule has 0 aliphatic rings. The lowest BCUT2D eigenvalue weighted by atomic mass is 10.1. The number of anilines is 2. The van der Waals surface area contributed by atoms with Gasteiger partial charge in [0.1, 0.15) is 0 Å². The van der Waals surface area contributed by atoms with Crippen molar-refractivity contribution in [2.45, 2.75) is 26.7 Å². The average Bonchev–Trinajstić information content (AvgIpc) is 2.28. The average molecular weight is 235 g/mol. The van der Waals surface area contributed by atoms with Gasteiger partial charge in [-0.15, -0.1) is 0 Å². The first-order valence-electron chi connectivity index (χ1n) is 6.02. The van der Waals surface area contributed by atoms with E-state index in [1.807, 2.05) is 24.3 Å². The van der Waals surface area contributed by atoms with Crippen molar-refractivity contribution in [1.29, 1.82) is 0 Å². The largest absolute Gasteiger partial charge is 0.385 e. The van der Waals surface area contributed by atoms with Crippen LogP contribution in [0.1, 0.15) is 26.7 Å². The van der Waals surface area contributed by atoms with Crippen molar-refractivity contribution in [3.63, 3.8) is 0 Å². The predicted molar refractivity (Wildman–Crippen MR) is 72.2 cm³/mol. The van der Waals surface area contributed by atoms with E-state index in [2.05, 4.69) is 24.5 Å². The van der Waals surface area contributed by atoms with E-state index in [4.69, 9.17) is 5.73 Å². The summed E-state index contributed by atoms with van der Waals surface area (Å²) in [6.07, 6.45) is 2.44. The van der Waals surface area contributed by atoms with Gasteiger partial charge in [-0.3, -0.25) is 0 Å². The van der Waals surface area contributed by atoms with Gasteiger partial charge in [0.2, 0.25) is 0 Å². The molecule has 0 radical (unpaired) electrons. The molecule has 0 spiro atoms. The third-order valence-electron chi connectivity index (χ3n) is 2.59. The molecule has 17 heavy (non-hydrogen) atoms. The standard InChI is InChI=1S/C13H21N3O/c1-3-4-10(2)9-15-11-5-7-12(8-6-11)16-13(14)17/h5-8,10,15H,3-4,9H2,1-2H3,(H3,14,16,17). The monoisotopic (exact) mass is 235 g/mol. The van der Waals surface area contributed by atoms with Gasteiger partial charge in [-0.25, -0.2) is 4.79 Å². The smallest absolute Gasteiger partial charge is 0.316 e. The van der Waals surface area contributed by atoms with E-state index >= 15 is 0 Å². The maximum absolute atomic E-state index is 10.6. The Morgan fingerprint density at radius 1 is 1.29 bits per heavy atom. The molecule has 0 aliphatic carbocycles. The number of primary amides is 1. The second-order valence-corrected chi connectivity index (χ2v) is 4.34. The fraction of sp³-hybridized carbons (Fsp3) is 0.462. The van der Waals surface area contributed by atoms with Crippen molar-refractivity contribution in [3.8, 4) is 0 Å². The molecule has 0 heterocycles. The molecular weight excluding hydrogens is 214 g/mol. The Kier molecular flexibility index (Phi) is 5.33. The molecule has 0 bridgehead atoms. The quantitative estimate of drug-likeness (QED) is 0.709. The second kappa shape index (κ2) is 6.78. The Labute approximate surface area is 103 Å². The van der Waals surface area contributed by atoms with Crippen molar-refractivity contribution in [2.75, 3.05) is 17.2 Å². The van der Waals surface area contributed by atoms with Crippen molar-refractivity contribution in [1.82, 2.24) is 0 Å². The number of hydrogen-bond acceptors (Lipinski definition) is 2. The summed E-state index contributed by atoms with van der Waals surface area (Å²) in [6.45, 7) is 5.40. The van der Waals surface area contributed by atoms with Crippen LogP contribution in [-0.4, -0.2) is 12.6 Å². The summed E-state index contributed by atoms with van der Waals surface area (Å²) in [7, 11) is 0. The molecular formula is C13H21N3O. The number of rotatable bonds is 6. The summed E-state index contributed by atoms with van der Waals surface area (Å²) in [5, 5.41) is 5.89. The van der Waals surface area contributed by atoms with Crippen LogP contribution >= 0.6 is 0 Å². The highest BCUT2D eigenvalue weighted by molar-refractivity contribution is 5.87. The molecule has 4 heteroatoms. The molecule has 2 amide bonds. The zero-order valence-electron chi connectivity index (χ0n) is 10.5. The zero-order chi connectivity index (χ0) is 12.7. The maximum atomic E-state index is 10.6. The first-order chi connectivity index (χ1) is 8.11. The maximum Gasteiger partial charge on any atom is 0.316 e. The van der Waals surface area contributed by atoms with Crippen LogP contribution in [0.25, 0.3) is 0 Å². The molecule has 1 rings (SSSR count). The molecule has 1 unspecified atom stereocenters. The highest BCUT2D eigenvalue weighted by atomic mass is 16.2. The molecule has 4 nitrogen and oxygen atoms in total. The van der Waals surface area contributed by atoms with Crippen LogP contribution in [0.3, 0.4) is 0 Å². The first kappa shape index (κ1) is 13.4. The fourth-order valence-electron chi connectivity index (χ4n) is 1.70. The third-order valence-corrected chi connectivity index (χ3v) is 2.59. The van der Waals surface area contributed by atoms with Gasteiger partial charge in [-0.2, -0.15) is 0 Å². The Hall–Kier alpha value is -1.71. The minimum Gasteiger partial charge on any atom is -0.385 e. The van der Waals surface area contributed by atoms with E-state index in [-0.39, 0.29) is 0 Å². The Morgan fingerprint density at radius 2 is 1.88 bits per heavy atom. The highest BCUT2D eigenvalue weighted by Crippen LogP contribution is 2.14. The molecule has 0 aliphatic heterocycles. The van der Waals surface area contributed by atoms with E-state index in [9.17, 15) is 4.79 Å². The van der Waals surface area contributed by atoms with Gasteiger partial charge in [-0.1, -0.05) is 20.3 Å². The second-order valence-electron chi connectivity index (χ2n) is 4.34. The molecule has 0 fully saturated rings. The van der Waals surface area contributed by atoms with Crippen LogP contribution in [0.4, 0.5) is 16.2 Å². The van der Waals surface area contributed by atoms with Crippen LogP contribution in [0.15, 0.2) is 24.3 Å². The number of amides is 2. The molecule has 1 aromatic rings. The van der Waals surface area contributed by atoms with Gasteiger partial charge in [0.05, 0.1) is 0 Å². The van der Waals surface area contributed by atoms with E-state index < -0.39 is 6.03 Å². The fourth-order valence-corrected chi connectivity index (χ4v) is 1.70. The van der Waals surface area contributed by atoms with Crippen LogP contribution in [-0.2, 0) is 0 Å². The van der Waals surface area contributed by atoms with Crippen molar-refractivity contribution < 1.29 is 4.79 Å². The normalized spacial score (nSPS) is 11.9. The van der Waals surface area contributed by atoms with Gasteiger partial charge in [0.25, 0.3) is 0 Å². The number of carbonyl (C=O) groups is 1. The molecule has 1 aromatic carbocycles. The summed E-state index contributed by atoms with van der Waals surface area (Å²) < 4.78 is 0. The van der Waals surface area contributed by atoms with Crippen LogP contribution in [0.5, 0.6) is 0 Å². The summed E-state index contributed by atoms with van der Waals surface area (Å²) in [4.78, 5) is 10.6. The van der Waals surface area contributed by atoms with Crippen LogP contribution < -0.4 is 16.4 Å². The van der Waals surface area contributed by atoms with Crippen molar-refractivity contribution in [3.05, 3.63) is 24.3 Å². The Balaban J connectivity index is 2.42. The summed E-state index contributed by atoms with van der Waals surface area (Å²) in [5.41, 5.74) is 6.80. The number of carbonyl (C=O) groups excluding carboxylic acids is 1. The van der Waals surface area contributed by atoms with Gasteiger partial charge in [-0.05, 0) is 36.6 Å². The first-order valence-corrected chi connectivity index (χ1v) is 6.02. The van der Waals surface area contributed by atoms with Gasteiger partial charge < -0.3 is 16.4 Å². The van der Waals surface area contributed by atoms with Crippen LogP contribution in [0, 0.1) is 5.92 Å². The summed E-state index contributed by atoms with van der Waals surface area (Å²) >= 11 is 0. The predicted octanol–water partition coefficient (Wildman–Crippen LogP) is 3.03.